The van der Waals surface area contributed by atoms with Gasteiger partial charge in [-0.25, -0.2) is 0 Å². The second kappa shape index (κ2) is 16.0. The zero-order chi connectivity index (χ0) is 17.4. The Morgan fingerprint density at radius 1 is 0.609 bits per heavy atom. The molecule has 0 aromatic carbocycles. The van der Waals surface area contributed by atoms with Crippen molar-refractivity contribution < 1.29 is 31.4 Å². The van der Waals surface area contributed by atoms with Crippen LogP contribution < -0.4 is 0 Å². The maximum absolute atomic E-state index is 6.12. The average Bonchev–Trinajstić information content (AvgIpc) is 2.52. The van der Waals surface area contributed by atoms with Gasteiger partial charge in [0.15, 0.2) is 0 Å². The summed E-state index contributed by atoms with van der Waals surface area (Å²) in [5.74, 6) is 0. The van der Waals surface area contributed by atoms with Crippen LogP contribution in [-0.2, 0) is 31.4 Å². The van der Waals surface area contributed by atoms with E-state index in [1.807, 2.05) is 13.8 Å². The van der Waals surface area contributed by atoms with Crippen molar-refractivity contribution in [2.75, 3.05) is 19.8 Å². The molecule has 0 heterocycles. The monoisotopic (exact) mass is 368 g/mol. The first-order valence-electron chi connectivity index (χ1n) is 9.69. The van der Waals surface area contributed by atoms with E-state index in [4.69, 9.17) is 13.3 Å². The molecule has 0 fully saturated rings. The van der Waals surface area contributed by atoms with Crippen molar-refractivity contribution in [3.05, 3.63) is 0 Å². The first-order valence-corrected chi connectivity index (χ1v) is 12.2. The van der Waals surface area contributed by atoms with Crippen molar-refractivity contribution >= 4 is 0 Å². The van der Waals surface area contributed by atoms with Gasteiger partial charge in [-0.05, 0) is 0 Å². The zero-order valence-corrected chi connectivity index (χ0v) is 17.8. The van der Waals surface area contributed by atoms with Gasteiger partial charge in [0, 0.05) is 0 Å². The Kier molecular flexibility index (Phi) is 16.4. The molecule has 0 amide bonds. The van der Waals surface area contributed by atoms with Crippen LogP contribution in [0.3, 0.4) is 0 Å². The van der Waals surface area contributed by atoms with Crippen molar-refractivity contribution in [3.8, 4) is 0 Å². The molecule has 5 heteroatoms. The van der Waals surface area contributed by atoms with Gasteiger partial charge in [0.05, 0.1) is 0 Å². The van der Waals surface area contributed by atoms with Crippen LogP contribution in [0.4, 0.5) is 0 Å². The number of rotatable bonds is 17. The molecule has 0 N–H and O–H groups in total. The van der Waals surface area contributed by atoms with Crippen LogP contribution in [0.2, 0.25) is 0 Å². The molecule has 0 aliphatic carbocycles. The summed E-state index contributed by atoms with van der Waals surface area (Å²) < 4.78 is 24.5. The Balaban J connectivity index is 4.58. The third kappa shape index (κ3) is 13.5. The Morgan fingerprint density at radius 3 is 1.22 bits per heavy atom. The molecule has 0 spiro atoms. The Labute approximate surface area is 149 Å². The van der Waals surface area contributed by atoms with Crippen LogP contribution in [0.15, 0.2) is 0 Å². The number of hydrogen-bond donors (Lipinski definition) is 0. The molecule has 0 radical (unpaired) electrons. The first kappa shape index (κ1) is 23.6. The van der Waals surface area contributed by atoms with Gasteiger partial charge >= 0.3 is 150 Å². The molecule has 23 heavy (non-hydrogen) atoms. The van der Waals surface area contributed by atoms with E-state index in [1.165, 1.54) is 38.5 Å². The molecule has 0 aromatic rings. The topological polar surface area (TPSA) is 36.9 Å². The standard InChI is InChI=1S/3C5H11O.C3H7O.Ti/c3*1-2-3-4-5-6;1-3(2)4;/h3*2-5H2,1H3;3H,1-2H3;/q4*-1;+4. The quantitative estimate of drug-likeness (QED) is 0.238. The number of hydrogen-bond acceptors (Lipinski definition) is 4. The van der Waals surface area contributed by atoms with E-state index in [-0.39, 0.29) is 6.10 Å². The first-order chi connectivity index (χ1) is 11.1. The van der Waals surface area contributed by atoms with Crippen LogP contribution in [-0.4, -0.2) is 25.9 Å². The van der Waals surface area contributed by atoms with Gasteiger partial charge in [-0.15, -0.1) is 0 Å². The second-order valence-corrected chi connectivity index (χ2v) is 9.62. The van der Waals surface area contributed by atoms with Crippen LogP contribution >= 0.6 is 0 Å². The molecule has 0 rings (SSSR count). The van der Waals surface area contributed by atoms with Gasteiger partial charge in [-0.2, -0.15) is 0 Å². The summed E-state index contributed by atoms with van der Waals surface area (Å²) in [5.41, 5.74) is 0. The summed E-state index contributed by atoms with van der Waals surface area (Å²) in [6.07, 6.45) is 10.3. The fourth-order valence-electron chi connectivity index (χ4n) is 2.16. The van der Waals surface area contributed by atoms with E-state index >= 15 is 0 Å². The minimum absolute atomic E-state index is 0.0681. The SMILES string of the molecule is CCCCC[O][Ti]([O]CCCCC)([O]CCCCC)[O]C(C)C. The molecule has 0 aromatic heterocycles. The van der Waals surface area contributed by atoms with Crippen molar-refractivity contribution in [3.63, 3.8) is 0 Å². The van der Waals surface area contributed by atoms with Gasteiger partial charge in [-0.1, -0.05) is 0 Å². The Morgan fingerprint density at radius 2 is 0.957 bits per heavy atom. The zero-order valence-electron chi connectivity index (χ0n) is 16.2. The predicted octanol–water partition coefficient (Wildman–Crippen LogP) is 5.85. The Hall–Kier alpha value is 0.554. The summed E-state index contributed by atoms with van der Waals surface area (Å²) >= 11 is -3.60. The van der Waals surface area contributed by atoms with Crippen molar-refractivity contribution in [1.29, 1.82) is 0 Å². The second-order valence-electron chi connectivity index (χ2n) is 6.33. The van der Waals surface area contributed by atoms with Gasteiger partial charge < -0.3 is 0 Å². The van der Waals surface area contributed by atoms with Gasteiger partial charge in [0.25, 0.3) is 0 Å². The van der Waals surface area contributed by atoms with Gasteiger partial charge in [-0.3, -0.25) is 0 Å². The van der Waals surface area contributed by atoms with Crippen molar-refractivity contribution in [2.24, 2.45) is 0 Å². The normalized spacial score (nSPS) is 12.3. The fraction of sp³-hybridized carbons (Fsp3) is 1.00. The molecule has 0 saturated carbocycles. The van der Waals surface area contributed by atoms with Crippen LogP contribution in [0.25, 0.3) is 0 Å². The predicted molar refractivity (Wildman–Crippen MR) is 92.7 cm³/mol. The van der Waals surface area contributed by atoms with Gasteiger partial charge in [0.1, 0.15) is 0 Å². The van der Waals surface area contributed by atoms with E-state index in [2.05, 4.69) is 20.8 Å². The summed E-state index contributed by atoms with van der Waals surface area (Å²) in [4.78, 5) is 0. The molecule has 0 bridgehead atoms. The summed E-state index contributed by atoms with van der Waals surface area (Å²) in [6, 6.07) is 0. The van der Waals surface area contributed by atoms with E-state index < -0.39 is 18.1 Å². The van der Waals surface area contributed by atoms with Crippen molar-refractivity contribution in [1.82, 2.24) is 0 Å². The Bertz CT molecular complexity index is 218. The van der Waals surface area contributed by atoms with E-state index in [0.717, 1.165) is 19.3 Å². The summed E-state index contributed by atoms with van der Waals surface area (Å²) in [6.45, 7) is 12.7. The van der Waals surface area contributed by atoms with E-state index in [1.54, 1.807) is 0 Å². The molecule has 0 aliphatic heterocycles. The summed E-state index contributed by atoms with van der Waals surface area (Å²) in [7, 11) is 0. The van der Waals surface area contributed by atoms with Crippen LogP contribution in [0.1, 0.15) is 92.4 Å². The van der Waals surface area contributed by atoms with E-state index in [0.29, 0.717) is 19.8 Å². The molecule has 0 saturated heterocycles. The average molecular weight is 368 g/mol. The van der Waals surface area contributed by atoms with Gasteiger partial charge in [0.2, 0.25) is 0 Å². The summed E-state index contributed by atoms with van der Waals surface area (Å²) in [5, 5.41) is 0. The van der Waals surface area contributed by atoms with Crippen LogP contribution in [0.5, 0.6) is 0 Å². The molecule has 0 unspecified atom stereocenters. The molecule has 4 nitrogen and oxygen atoms in total. The number of unbranched alkanes of at least 4 members (excludes halogenated alkanes) is 6. The molecular formula is C18H40O4Ti. The maximum atomic E-state index is 6.12. The minimum atomic E-state index is -3.60. The third-order valence-corrected chi connectivity index (χ3v) is 7.26. The molecule has 0 aliphatic rings. The molecule has 140 valence electrons. The fourth-order valence-corrected chi connectivity index (χ4v) is 5.62. The molecular weight excluding hydrogens is 328 g/mol. The third-order valence-electron chi connectivity index (χ3n) is 3.46. The van der Waals surface area contributed by atoms with E-state index in [9.17, 15) is 0 Å². The van der Waals surface area contributed by atoms with Crippen molar-refractivity contribution in [2.45, 2.75) is 98.5 Å². The van der Waals surface area contributed by atoms with Crippen LogP contribution in [0, 0.1) is 0 Å². The molecule has 0 atom stereocenters.